The lowest BCUT2D eigenvalue weighted by Crippen LogP contribution is -2.19. The van der Waals surface area contributed by atoms with Gasteiger partial charge in [0, 0.05) is 33.6 Å². The molecule has 0 amide bonds. The minimum Gasteiger partial charge on any atom is -0.399 e. The molecule has 5 rings (SSSR count). The van der Waals surface area contributed by atoms with Crippen LogP contribution in [0.2, 0.25) is 0 Å². The highest BCUT2D eigenvalue weighted by molar-refractivity contribution is 5.77. The number of nitrogen functional groups attached to an aromatic ring is 1. The summed E-state index contributed by atoms with van der Waals surface area (Å²) in [5, 5.41) is 0. The van der Waals surface area contributed by atoms with Gasteiger partial charge in [-0.2, -0.15) is 0 Å². The quantitative estimate of drug-likeness (QED) is 0.227. The summed E-state index contributed by atoms with van der Waals surface area (Å²) in [6.07, 6.45) is 0. The summed E-state index contributed by atoms with van der Waals surface area (Å²) in [5.74, 6) is 0. The van der Waals surface area contributed by atoms with Crippen LogP contribution < -0.4 is 10.6 Å². The lowest BCUT2D eigenvalue weighted by molar-refractivity contribution is 0.641. The van der Waals surface area contributed by atoms with Gasteiger partial charge >= 0.3 is 0 Å². The van der Waals surface area contributed by atoms with Gasteiger partial charge in [0.05, 0.1) is 0 Å². The van der Waals surface area contributed by atoms with Crippen molar-refractivity contribution in [1.29, 1.82) is 0 Å². The SMILES string of the molecule is CC(C)(c1ccccc1)c1ccc(N(c2ccc(N)cc2)c2ccc(C(C)(C)c3ccccc3)cc2)cc1. The number of rotatable bonds is 7. The average Bonchev–Trinajstić information content (AvgIpc) is 2.96. The van der Waals surface area contributed by atoms with E-state index >= 15 is 0 Å². The van der Waals surface area contributed by atoms with E-state index in [0.29, 0.717) is 0 Å². The second-order valence-electron chi connectivity index (χ2n) is 11.0. The maximum absolute atomic E-state index is 6.03. The van der Waals surface area contributed by atoms with Crippen molar-refractivity contribution in [2.24, 2.45) is 0 Å². The molecule has 0 atom stereocenters. The molecule has 0 radical (unpaired) electrons. The first-order valence-corrected chi connectivity index (χ1v) is 13.2. The van der Waals surface area contributed by atoms with Crippen LogP contribution in [0.5, 0.6) is 0 Å². The number of benzene rings is 5. The Labute approximate surface area is 227 Å². The van der Waals surface area contributed by atoms with Gasteiger partial charge in [-0.15, -0.1) is 0 Å². The van der Waals surface area contributed by atoms with E-state index in [4.69, 9.17) is 5.73 Å². The summed E-state index contributed by atoms with van der Waals surface area (Å²) in [4.78, 5) is 2.29. The topological polar surface area (TPSA) is 29.3 Å². The second-order valence-corrected chi connectivity index (χ2v) is 11.0. The number of nitrogens with two attached hydrogens (primary N) is 1. The van der Waals surface area contributed by atoms with Crippen LogP contribution in [0.3, 0.4) is 0 Å². The van der Waals surface area contributed by atoms with Gasteiger partial charge in [-0.1, -0.05) is 113 Å². The molecule has 0 bridgehead atoms. The van der Waals surface area contributed by atoms with Crippen LogP contribution in [-0.2, 0) is 10.8 Å². The first-order chi connectivity index (χ1) is 18.3. The zero-order valence-electron chi connectivity index (χ0n) is 22.7. The Bertz CT molecular complexity index is 1370. The first-order valence-electron chi connectivity index (χ1n) is 13.2. The normalized spacial score (nSPS) is 11.8. The second kappa shape index (κ2) is 10.2. The fraction of sp³-hybridized carbons (Fsp3) is 0.167. The van der Waals surface area contributed by atoms with E-state index in [1.165, 1.54) is 22.3 Å². The van der Waals surface area contributed by atoms with Crippen molar-refractivity contribution in [1.82, 2.24) is 0 Å². The van der Waals surface area contributed by atoms with Crippen LogP contribution in [0.4, 0.5) is 22.7 Å². The zero-order valence-corrected chi connectivity index (χ0v) is 22.7. The molecular weight excluding hydrogens is 460 g/mol. The minimum atomic E-state index is -0.0868. The maximum Gasteiger partial charge on any atom is 0.0463 e. The molecule has 5 aromatic carbocycles. The first kappa shape index (κ1) is 25.4. The smallest absolute Gasteiger partial charge is 0.0463 e. The minimum absolute atomic E-state index is 0.0868. The molecule has 0 unspecified atom stereocenters. The predicted molar refractivity (Wildman–Crippen MR) is 163 cm³/mol. The molecule has 0 heterocycles. The molecule has 5 aromatic rings. The van der Waals surface area contributed by atoms with E-state index in [9.17, 15) is 0 Å². The largest absolute Gasteiger partial charge is 0.399 e. The maximum atomic E-state index is 6.03. The Hall–Kier alpha value is -4.30. The van der Waals surface area contributed by atoms with Gasteiger partial charge in [-0.3, -0.25) is 0 Å². The highest BCUT2D eigenvalue weighted by Gasteiger charge is 2.25. The summed E-state index contributed by atoms with van der Waals surface area (Å²) in [6, 6.07) is 47.3. The number of hydrogen-bond donors (Lipinski definition) is 1. The van der Waals surface area contributed by atoms with Gasteiger partial charge in [-0.05, 0) is 70.8 Å². The third-order valence-corrected chi connectivity index (χ3v) is 7.84. The van der Waals surface area contributed by atoms with Crippen molar-refractivity contribution in [3.8, 4) is 0 Å². The van der Waals surface area contributed by atoms with E-state index in [-0.39, 0.29) is 10.8 Å². The fourth-order valence-electron chi connectivity index (χ4n) is 5.17. The van der Waals surface area contributed by atoms with Crippen molar-refractivity contribution in [2.75, 3.05) is 10.6 Å². The Morgan fingerprint density at radius 2 is 0.684 bits per heavy atom. The molecule has 0 aromatic heterocycles. The molecule has 38 heavy (non-hydrogen) atoms. The van der Waals surface area contributed by atoms with Crippen LogP contribution in [0.15, 0.2) is 133 Å². The van der Waals surface area contributed by atoms with E-state index < -0.39 is 0 Å². The highest BCUT2D eigenvalue weighted by atomic mass is 15.1. The third-order valence-electron chi connectivity index (χ3n) is 7.84. The molecule has 2 nitrogen and oxygen atoms in total. The van der Waals surface area contributed by atoms with Gasteiger partial charge in [0.25, 0.3) is 0 Å². The van der Waals surface area contributed by atoms with Crippen molar-refractivity contribution >= 4 is 22.7 Å². The van der Waals surface area contributed by atoms with Gasteiger partial charge in [0.1, 0.15) is 0 Å². The van der Waals surface area contributed by atoms with Gasteiger partial charge in [-0.25, -0.2) is 0 Å². The highest BCUT2D eigenvalue weighted by Crippen LogP contribution is 2.39. The fourth-order valence-corrected chi connectivity index (χ4v) is 5.17. The van der Waals surface area contributed by atoms with Crippen LogP contribution in [0.1, 0.15) is 49.9 Å². The van der Waals surface area contributed by atoms with E-state index in [0.717, 1.165) is 22.7 Å². The van der Waals surface area contributed by atoms with Crippen LogP contribution in [-0.4, -0.2) is 0 Å². The van der Waals surface area contributed by atoms with Gasteiger partial charge < -0.3 is 10.6 Å². The lowest BCUT2D eigenvalue weighted by atomic mass is 9.78. The molecular formula is C36H36N2. The van der Waals surface area contributed by atoms with Crippen molar-refractivity contribution in [3.63, 3.8) is 0 Å². The van der Waals surface area contributed by atoms with E-state index in [2.05, 4.69) is 154 Å². The van der Waals surface area contributed by atoms with Gasteiger partial charge in [0.2, 0.25) is 0 Å². The number of anilines is 4. The molecule has 0 aliphatic heterocycles. The molecule has 0 saturated carbocycles. The number of nitrogens with zero attached hydrogens (tertiary/aromatic N) is 1. The summed E-state index contributed by atoms with van der Waals surface area (Å²) < 4.78 is 0. The zero-order chi connectivity index (χ0) is 26.8. The van der Waals surface area contributed by atoms with E-state index in [1.807, 2.05) is 12.1 Å². The molecule has 0 fully saturated rings. The summed E-state index contributed by atoms with van der Waals surface area (Å²) in [7, 11) is 0. The van der Waals surface area contributed by atoms with Crippen LogP contribution >= 0.6 is 0 Å². The number of hydrogen-bond acceptors (Lipinski definition) is 2. The van der Waals surface area contributed by atoms with E-state index in [1.54, 1.807) is 0 Å². The van der Waals surface area contributed by atoms with Gasteiger partial charge in [0.15, 0.2) is 0 Å². The Morgan fingerprint density at radius 1 is 0.395 bits per heavy atom. The molecule has 190 valence electrons. The summed E-state index contributed by atoms with van der Waals surface area (Å²) >= 11 is 0. The molecule has 2 heteroatoms. The monoisotopic (exact) mass is 496 g/mol. The molecule has 2 N–H and O–H groups in total. The van der Waals surface area contributed by atoms with Crippen LogP contribution in [0.25, 0.3) is 0 Å². The molecule has 0 saturated heterocycles. The standard InChI is InChI=1S/C36H36N2/c1-35(2,27-11-7-5-8-12-27)29-15-21-32(22-16-29)38(34-25-19-31(37)20-26-34)33-23-17-30(18-24-33)36(3,4)28-13-9-6-10-14-28/h5-26H,37H2,1-4H3. The Balaban J connectivity index is 1.52. The van der Waals surface area contributed by atoms with Crippen molar-refractivity contribution < 1.29 is 0 Å². The summed E-state index contributed by atoms with van der Waals surface area (Å²) in [6.45, 7) is 9.12. The molecule has 0 aliphatic carbocycles. The molecule has 0 aliphatic rings. The third kappa shape index (κ3) is 4.95. The summed E-state index contributed by atoms with van der Waals surface area (Å²) in [5.41, 5.74) is 15.1. The van der Waals surface area contributed by atoms with Crippen LogP contribution in [0, 0.1) is 0 Å². The predicted octanol–water partition coefficient (Wildman–Crippen LogP) is 9.39. The molecule has 0 spiro atoms. The lowest BCUT2D eigenvalue weighted by Gasteiger charge is -2.30. The Morgan fingerprint density at radius 3 is 1.03 bits per heavy atom. The van der Waals surface area contributed by atoms with Crippen molar-refractivity contribution in [2.45, 2.75) is 38.5 Å². The average molecular weight is 497 g/mol. The van der Waals surface area contributed by atoms with Crippen molar-refractivity contribution in [3.05, 3.63) is 156 Å². The Kier molecular flexibility index (Phi) is 6.82.